The van der Waals surface area contributed by atoms with Gasteiger partial charge >= 0.3 is 0 Å². The average Bonchev–Trinajstić information content (AvgIpc) is 2.89. The van der Waals surface area contributed by atoms with Crippen LogP contribution < -0.4 is 5.32 Å². The highest BCUT2D eigenvalue weighted by Crippen LogP contribution is 2.31. The lowest BCUT2D eigenvalue weighted by Crippen LogP contribution is -2.14. The van der Waals surface area contributed by atoms with Gasteiger partial charge in [0.15, 0.2) is 0 Å². The molecule has 0 aliphatic heterocycles. The molecule has 0 saturated carbocycles. The lowest BCUT2D eigenvalue weighted by molar-refractivity contribution is 0.625. The first kappa shape index (κ1) is 13.7. The third-order valence-corrected chi connectivity index (χ3v) is 3.82. The zero-order chi connectivity index (χ0) is 13.7. The van der Waals surface area contributed by atoms with E-state index in [1.165, 1.54) is 23.5 Å². The topological polar surface area (TPSA) is 35.8 Å². The molecule has 0 radical (unpaired) electrons. The number of nitriles is 1. The summed E-state index contributed by atoms with van der Waals surface area (Å²) in [5.41, 5.74) is 1.93. The molecule has 1 heterocycles. The van der Waals surface area contributed by atoms with Crippen LogP contribution in [0.5, 0.6) is 0 Å². The van der Waals surface area contributed by atoms with Crippen molar-refractivity contribution in [3.63, 3.8) is 0 Å². The average molecular weight is 274 g/mol. The molecule has 0 atom stereocenters. The van der Waals surface area contributed by atoms with Gasteiger partial charge in [-0.3, -0.25) is 0 Å². The molecule has 4 heteroatoms. The molecule has 0 spiro atoms. The van der Waals surface area contributed by atoms with E-state index < -0.39 is 0 Å². The summed E-state index contributed by atoms with van der Waals surface area (Å²) in [5, 5.41) is 12.2. The highest BCUT2D eigenvalue weighted by Gasteiger charge is 2.09. The molecular weight excluding hydrogens is 259 g/mol. The van der Waals surface area contributed by atoms with Crippen LogP contribution in [-0.2, 0) is 6.54 Å². The quantitative estimate of drug-likeness (QED) is 0.839. The van der Waals surface area contributed by atoms with Crippen LogP contribution in [0.3, 0.4) is 0 Å². The largest absolute Gasteiger partial charge is 0.313 e. The standard InChI is InChI=1S/C15H15FN2S/c1-2-7-18-10-11-3-4-12(16)8-14(11)15-6-5-13(9-17)19-15/h3-6,8,18H,2,7,10H2,1H3. The SMILES string of the molecule is CCCNCc1ccc(F)cc1-c1ccc(C#N)s1. The Labute approximate surface area is 116 Å². The fourth-order valence-electron chi connectivity index (χ4n) is 1.87. The number of nitrogens with zero attached hydrogens (tertiary/aromatic N) is 1. The molecule has 19 heavy (non-hydrogen) atoms. The minimum Gasteiger partial charge on any atom is -0.313 e. The van der Waals surface area contributed by atoms with Crippen molar-refractivity contribution in [2.45, 2.75) is 19.9 Å². The molecule has 2 aromatic rings. The van der Waals surface area contributed by atoms with E-state index in [1.54, 1.807) is 12.1 Å². The highest BCUT2D eigenvalue weighted by molar-refractivity contribution is 7.16. The number of nitrogens with one attached hydrogen (secondary N) is 1. The molecule has 1 aromatic heterocycles. The van der Waals surface area contributed by atoms with Gasteiger partial charge in [0.2, 0.25) is 0 Å². The molecule has 0 saturated heterocycles. The van der Waals surface area contributed by atoms with Crippen molar-refractivity contribution in [1.82, 2.24) is 5.32 Å². The zero-order valence-corrected chi connectivity index (χ0v) is 11.6. The van der Waals surface area contributed by atoms with Gasteiger partial charge in [0.25, 0.3) is 0 Å². The van der Waals surface area contributed by atoms with Gasteiger partial charge in [-0.15, -0.1) is 11.3 Å². The third-order valence-electron chi connectivity index (χ3n) is 2.80. The first-order chi connectivity index (χ1) is 9.24. The summed E-state index contributed by atoms with van der Waals surface area (Å²) in [4.78, 5) is 1.58. The predicted molar refractivity (Wildman–Crippen MR) is 76.4 cm³/mol. The van der Waals surface area contributed by atoms with Crippen molar-refractivity contribution >= 4 is 11.3 Å². The van der Waals surface area contributed by atoms with E-state index in [2.05, 4.69) is 18.3 Å². The minimum absolute atomic E-state index is 0.249. The van der Waals surface area contributed by atoms with Crippen LogP contribution in [0.15, 0.2) is 30.3 Å². The third kappa shape index (κ3) is 3.40. The summed E-state index contributed by atoms with van der Waals surface area (Å²) in [5.74, 6) is -0.249. The lowest BCUT2D eigenvalue weighted by atomic mass is 10.1. The van der Waals surface area contributed by atoms with Crippen molar-refractivity contribution in [2.75, 3.05) is 6.54 Å². The van der Waals surface area contributed by atoms with Crippen LogP contribution in [0.1, 0.15) is 23.8 Å². The van der Waals surface area contributed by atoms with Gasteiger partial charge in [0.1, 0.15) is 16.8 Å². The summed E-state index contributed by atoms with van der Waals surface area (Å²) in [6.07, 6.45) is 1.06. The predicted octanol–water partition coefficient (Wildman–Crippen LogP) is 3.93. The molecule has 2 nitrogen and oxygen atoms in total. The summed E-state index contributed by atoms with van der Waals surface area (Å²) in [6, 6.07) is 10.6. The van der Waals surface area contributed by atoms with Gasteiger partial charge in [-0.25, -0.2) is 4.39 Å². The summed E-state index contributed by atoms with van der Waals surface area (Å²) >= 11 is 1.39. The molecule has 1 N–H and O–H groups in total. The van der Waals surface area contributed by atoms with Crippen molar-refractivity contribution in [1.29, 1.82) is 5.26 Å². The monoisotopic (exact) mass is 274 g/mol. The number of thiophene rings is 1. The minimum atomic E-state index is -0.249. The Bertz CT molecular complexity index is 598. The summed E-state index contributed by atoms with van der Waals surface area (Å²) in [7, 11) is 0. The maximum Gasteiger partial charge on any atom is 0.123 e. The molecule has 0 aliphatic rings. The maximum atomic E-state index is 13.4. The van der Waals surface area contributed by atoms with Crippen LogP contribution in [-0.4, -0.2) is 6.54 Å². The first-order valence-corrected chi connectivity index (χ1v) is 7.05. The number of rotatable bonds is 5. The fourth-order valence-corrected chi connectivity index (χ4v) is 2.73. The Hall–Kier alpha value is -1.70. The zero-order valence-electron chi connectivity index (χ0n) is 10.7. The van der Waals surface area contributed by atoms with Crippen LogP contribution >= 0.6 is 11.3 Å². The second-order valence-corrected chi connectivity index (χ2v) is 5.34. The fraction of sp³-hybridized carbons (Fsp3) is 0.267. The molecular formula is C15H15FN2S. The van der Waals surface area contributed by atoms with Crippen molar-refractivity contribution in [3.05, 3.63) is 46.6 Å². The molecule has 0 unspecified atom stereocenters. The number of benzene rings is 1. The van der Waals surface area contributed by atoms with Crippen LogP contribution in [0.2, 0.25) is 0 Å². The second kappa shape index (κ2) is 6.46. The van der Waals surface area contributed by atoms with Gasteiger partial charge in [-0.05, 0) is 48.4 Å². The van der Waals surface area contributed by atoms with Crippen LogP contribution in [0, 0.1) is 17.1 Å². The molecule has 98 valence electrons. The smallest absolute Gasteiger partial charge is 0.123 e. The number of hydrogen-bond acceptors (Lipinski definition) is 3. The van der Waals surface area contributed by atoms with Crippen LogP contribution in [0.25, 0.3) is 10.4 Å². The molecule has 2 rings (SSSR count). The van der Waals surface area contributed by atoms with Crippen molar-refractivity contribution < 1.29 is 4.39 Å². The maximum absolute atomic E-state index is 13.4. The molecule has 1 aromatic carbocycles. The van der Waals surface area contributed by atoms with Gasteiger partial charge in [-0.1, -0.05) is 13.0 Å². The molecule has 0 bridgehead atoms. The normalized spacial score (nSPS) is 10.4. The summed E-state index contributed by atoms with van der Waals surface area (Å²) < 4.78 is 13.4. The van der Waals surface area contributed by atoms with E-state index in [1.807, 2.05) is 6.07 Å². The van der Waals surface area contributed by atoms with E-state index >= 15 is 0 Å². The lowest BCUT2D eigenvalue weighted by Gasteiger charge is -2.09. The highest BCUT2D eigenvalue weighted by atomic mass is 32.1. The molecule has 0 amide bonds. The summed E-state index contributed by atoms with van der Waals surface area (Å²) in [6.45, 7) is 3.75. The van der Waals surface area contributed by atoms with Gasteiger partial charge in [-0.2, -0.15) is 5.26 Å². The van der Waals surface area contributed by atoms with Crippen molar-refractivity contribution in [2.24, 2.45) is 0 Å². The molecule has 0 fully saturated rings. The first-order valence-electron chi connectivity index (χ1n) is 6.24. The number of halogens is 1. The van der Waals surface area contributed by atoms with E-state index in [0.29, 0.717) is 11.4 Å². The second-order valence-electron chi connectivity index (χ2n) is 4.25. The van der Waals surface area contributed by atoms with Crippen LogP contribution in [0.4, 0.5) is 4.39 Å². The van der Waals surface area contributed by atoms with E-state index in [4.69, 9.17) is 5.26 Å². The molecule has 0 aliphatic carbocycles. The van der Waals surface area contributed by atoms with Crippen molar-refractivity contribution in [3.8, 4) is 16.5 Å². The Balaban J connectivity index is 2.31. The van der Waals surface area contributed by atoms with E-state index in [-0.39, 0.29) is 5.82 Å². The number of hydrogen-bond donors (Lipinski definition) is 1. The Morgan fingerprint density at radius 3 is 2.84 bits per heavy atom. The van der Waals surface area contributed by atoms with Gasteiger partial charge in [0.05, 0.1) is 0 Å². The Morgan fingerprint density at radius 1 is 1.32 bits per heavy atom. The Morgan fingerprint density at radius 2 is 2.16 bits per heavy atom. The van der Waals surface area contributed by atoms with E-state index in [0.717, 1.165) is 29.0 Å². The van der Waals surface area contributed by atoms with Gasteiger partial charge < -0.3 is 5.32 Å². The van der Waals surface area contributed by atoms with E-state index in [9.17, 15) is 4.39 Å². The van der Waals surface area contributed by atoms with Gasteiger partial charge in [0, 0.05) is 11.4 Å². The Kier molecular flexibility index (Phi) is 4.67.